The van der Waals surface area contributed by atoms with E-state index < -0.39 is 0 Å². The third-order valence-corrected chi connectivity index (χ3v) is 3.35. The zero-order valence-corrected chi connectivity index (χ0v) is 9.93. The molecule has 0 radical (unpaired) electrons. The van der Waals surface area contributed by atoms with E-state index in [1.54, 1.807) is 6.20 Å². The Hall–Kier alpha value is -1.68. The summed E-state index contributed by atoms with van der Waals surface area (Å²) in [6, 6.07) is 4.43. The summed E-state index contributed by atoms with van der Waals surface area (Å²) in [7, 11) is 2.07. The highest BCUT2D eigenvalue weighted by atomic mass is 15.1. The number of aromatic nitrogens is 3. The van der Waals surface area contributed by atoms with Gasteiger partial charge in [0.15, 0.2) is 0 Å². The molecule has 2 aromatic heterocycles. The summed E-state index contributed by atoms with van der Waals surface area (Å²) in [5.74, 6) is 1.13. The Labute approximate surface area is 101 Å². The van der Waals surface area contributed by atoms with Crippen LogP contribution in [0.2, 0.25) is 0 Å². The predicted octanol–water partition coefficient (Wildman–Crippen LogP) is 1.91. The molecular weight excluding hydrogens is 212 g/mol. The Bertz CT molecular complexity index is 497. The van der Waals surface area contributed by atoms with Crippen LogP contribution in [0, 0.1) is 0 Å². The standard InChI is InChI=1S/C13H16N4/c1-17-12(10-4-2-6-14-8-10)9-16-13(17)11-5-3-7-15-11/h2,4,6,8-9,11,15H,3,5,7H2,1H3. The van der Waals surface area contributed by atoms with Crippen LogP contribution in [-0.4, -0.2) is 21.1 Å². The van der Waals surface area contributed by atoms with Crippen molar-refractivity contribution in [3.05, 3.63) is 36.5 Å². The van der Waals surface area contributed by atoms with Gasteiger partial charge < -0.3 is 9.88 Å². The molecule has 2 aromatic rings. The van der Waals surface area contributed by atoms with E-state index in [4.69, 9.17) is 0 Å². The smallest absolute Gasteiger partial charge is 0.126 e. The number of rotatable bonds is 2. The Morgan fingerprint density at radius 1 is 1.41 bits per heavy atom. The summed E-state index contributed by atoms with van der Waals surface area (Å²) in [4.78, 5) is 8.70. The maximum atomic E-state index is 4.55. The molecule has 88 valence electrons. The quantitative estimate of drug-likeness (QED) is 0.853. The lowest BCUT2D eigenvalue weighted by Gasteiger charge is -2.11. The van der Waals surface area contributed by atoms with Crippen LogP contribution in [0.1, 0.15) is 24.7 Å². The van der Waals surface area contributed by atoms with Gasteiger partial charge in [0.05, 0.1) is 17.9 Å². The first-order valence-corrected chi connectivity index (χ1v) is 6.01. The molecule has 0 amide bonds. The van der Waals surface area contributed by atoms with Gasteiger partial charge >= 0.3 is 0 Å². The van der Waals surface area contributed by atoms with Crippen molar-refractivity contribution in [3.8, 4) is 11.3 Å². The van der Waals surface area contributed by atoms with Gasteiger partial charge in [-0.05, 0) is 31.5 Å². The second-order valence-corrected chi connectivity index (χ2v) is 4.45. The molecule has 1 fully saturated rings. The summed E-state index contributed by atoms with van der Waals surface area (Å²) in [5.41, 5.74) is 2.24. The van der Waals surface area contributed by atoms with Crippen LogP contribution in [0.5, 0.6) is 0 Å². The van der Waals surface area contributed by atoms with Gasteiger partial charge in [-0.1, -0.05) is 0 Å². The van der Waals surface area contributed by atoms with Gasteiger partial charge in [-0.2, -0.15) is 0 Å². The van der Waals surface area contributed by atoms with E-state index >= 15 is 0 Å². The molecule has 1 N–H and O–H groups in total. The molecule has 3 heterocycles. The second-order valence-electron chi connectivity index (χ2n) is 4.45. The first-order valence-electron chi connectivity index (χ1n) is 6.01. The van der Waals surface area contributed by atoms with Gasteiger partial charge in [0.2, 0.25) is 0 Å². The van der Waals surface area contributed by atoms with Crippen molar-refractivity contribution in [1.29, 1.82) is 0 Å². The maximum absolute atomic E-state index is 4.55. The first-order chi connectivity index (χ1) is 8.36. The van der Waals surface area contributed by atoms with E-state index in [0.717, 1.165) is 23.6 Å². The third-order valence-electron chi connectivity index (χ3n) is 3.35. The molecule has 1 atom stereocenters. The lowest BCUT2D eigenvalue weighted by molar-refractivity contribution is 0.581. The molecular formula is C13H16N4. The van der Waals surface area contributed by atoms with E-state index in [9.17, 15) is 0 Å². The van der Waals surface area contributed by atoms with Crippen LogP contribution >= 0.6 is 0 Å². The summed E-state index contributed by atoms with van der Waals surface area (Å²) >= 11 is 0. The third kappa shape index (κ3) is 1.85. The van der Waals surface area contributed by atoms with Gasteiger partial charge in [0, 0.05) is 25.0 Å². The molecule has 1 saturated heterocycles. The first kappa shape index (κ1) is 10.5. The highest BCUT2D eigenvalue weighted by Gasteiger charge is 2.21. The highest BCUT2D eigenvalue weighted by Crippen LogP contribution is 2.26. The van der Waals surface area contributed by atoms with Gasteiger partial charge in [0.1, 0.15) is 5.82 Å². The maximum Gasteiger partial charge on any atom is 0.126 e. The largest absolute Gasteiger partial charge is 0.330 e. The Morgan fingerprint density at radius 2 is 2.35 bits per heavy atom. The molecule has 0 aromatic carbocycles. The molecule has 3 rings (SSSR count). The highest BCUT2D eigenvalue weighted by molar-refractivity contribution is 5.57. The minimum atomic E-state index is 0.408. The molecule has 0 spiro atoms. The number of pyridine rings is 1. The average Bonchev–Trinajstić information content (AvgIpc) is 2.99. The van der Waals surface area contributed by atoms with Crippen LogP contribution < -0.4 is 5.32 Å². The van der Waals surface area contributed by atoms with Crippen molar-refractivity contribution in [2.45, 2.75) is 18.9 Å². The summed E-state index contributed by atoms with van der Waals surface area (Å²) < 4.78 is 2.17. The molecule has 0 aliphatic carbocycles. The van der Waals surface area contributed by atoms with Crippen LogP contribution in [0.15, 0.2) is 30.7 Å². The normalized spacial score (nSPS) is 19.7. The lowest BCUT2D eigenvalue weighted by Crippen LogP contribution is -2.17. The second kappa shape index (κ2) is 4.30. The van der Waals surface area contributed by atoms with Gasteiger partial charge in [-0.3, -0.25) is 4.98 Å². The van der Waals surface area contributed by atoms with Gasteiger partial charge in [-0.25, -0.2) is 4.98 Å². The van der Waals surface area contributed by atoms with Crippen molar-refractivity contribution < 1.29 is 0 Å². The van der Waals surface area contributed by atoms with E-state index in [0.29, 0.717) is 6.04 Å². The van der Waals surface area contributed by atoms with E-state index in [1.807, 2.05) is 18.5 Å². The number of nitrogens with one attached hydrogen (secondary N) is 1. The molecule has 1 unspecified atom stereocenters. The van der Waals surface area contributed by atoms with Crippen LogP contribution in [0.25, 0.3) is 11.3 Å². The van der Waals surface area contributed by atoms with Crippen LogP contribution in [0.4, 0.5) is 0 Å². The Balaban J connectivity index is 1.97. The minimum absolute atomic E-state index is 0.408. The molecule has 0 saturated carbocycles. The average molecular weight is 228 g/mol. The number of imidazole rings is 1. The van der Waals surface area contributed by atoms with Gasteiger partial charge in [-0.15, -0.1) is 0 Å². The number of nitrogens with zero attached hydrogens (tertiary/aromatic N) is 3. The summed E-state index contributed by atoms with van der Waals surface area (Å²) in [6.07, 6.45) is 8.02. The van der Waals surface area contributed by atoms with Crippen molar-refractivity contribution in [2.24, 2.45) is 7.05 Å². The fraction of sp³-hybridized carbons (Fsp3) is 0.385. The molecule has 1 aliphatic heterocycles. The van der Waals surface area contributed by atoms with Crippen molar-refractivity contribution >= 4 is 0 Å². The molecule has 4 heteroatoms. The number of hydrogen-bond acceptors (Lipinski definition) is 3. The zero-order chi connectivity index (χ0) is 11.7. The zero-order valence-electron chi connectivity index (χ0n) is 9.93. The monoisotopic (exact) mass is 228 g/mol. The van der Waals surface area contributed by atoms with Gasteiger partial charge in [0.25, 0.3) is 0 Å². The van der Waals surface area contributed by atoms with Crippen molar-refractivity contribution in [2.75, 3.05) is 6.54 Å². The Kier molecular flexibility index (Phi) is 2.65. The van der Waals surface area contributed by atoms with E-state index in [2.05, 4.69) is 33.0 Å². The molecule has 0 bridgehead atoms. The van der Waals surface area contributed by atoms with E-state index in [-0.39, 0.29) is 0 Å². The van der Waals surface area contributed by atoms with Crippen molar-refractivity contribution in [1.82, 2.24) is 19.9 Å². The number of hydrogen-bond donors (Lipinski definition) is 1. The van der Waals surface area contributed by atoms with Crippen LogP contribution in [-0.2, 0) is 7.05 Å². The lowest BCUT2D eigenvalue weighted by atomic mass is 10.2. The fourth-order valence-corrected chi connectivity index (χ4v) is 2.44. The molecule has 1 aliphatic rings. The fourth-order valence-electron chi connectivity index (χ4n) is 2.44. The summed E-state index contributed by atoms with van der Waals surface area (Å²) in [6.45, 7) is 1.10. The van der Waals surface area contributed by atoms with E-state index in [1.165, 1.54) is 12.8 Å². The van der Waals surface area contributed by atoms with Crippen LogP contribution in [0.3, 0.4) is 0 Å². The topological polar surface area (TPSA) is 42.7 Å². The predicted molar refractivity (Wildman–Crippen MR) is 66.4 cm³/mol. The molecule has 17 heavy (non-hydrogen) atoms. The Morgan fingerprint density at radius 3 is 3.06 bits per heavy atom. The SMILES string of the molecule is Cn1c(-c2cccnc2)cnc1C1CCCN1. The molecule has 4 nitrogen and oxygen atoms in total. The van der Waals surface area contributed by atoms with Crippen molar-refractivity contribution in [3.63, 3.8) is 0 Å². The summed E-state index contributed by atoms with van der Waals surface area (Å²) in [5, 5.41) is 3.48. The minimum Gasteiger partial charge on any atom is -0.330 e.